The highest BCUT2D eigenvalue weighted by molar-refractivity contribution is 6.30. The number of aromatic nitrogens is 1. The molecule has 1 aromatic carbocycles. The molecule has 2 rings (SSSR count). The number of hydrogen-bond acceptors (Lipinski definition) is 4. The van der Waals surface area contributed by atoms with Crippen molar-refractivity contribution in [1.82, 2.24) is 4.98 Å². The maximum Gasteiger partial charge on any atom is 0.341 e. The Hall–Kier alpha value is -2.07. The van der Waals surface area contributed by atoms with Crippen LogP contribution in [0, 0.1) is 0 Å². The summed E-state index contributed by atoms with van der Waals surface area (Å²) in [6, 6.07) is 10.8. The number of rotatable bonds is 4. The number of nitrogens with one attached hydrogen (secondary N) is 1. The monoisotopic (exact) mass is 276 g/mol. The fraction of sp³-hybridized carbons (Fsp3) is 0.143. The van der Waals surface area contributed by atoms with Crippen molar-refractivity contribution in [3.05, 3.63) is 58.7 Å². The minimum Gasteiger partial charge on any atom is -0.465 e. The normalized spacial score (nSPS) is 10.0. The van der Waals surface area contributed by atoms with Crippen molar-refractivity contribution in [3.8, 4) is 0 Å². The van der Waals surface area contributed by atoms with Crippen LogP contribution in [0.5, 0.6) is 0 Å². The minimum absolute atomic E-state index is 0.409. The summed E-state index contributed by atoms with van der Waals surface area (Å²) in [5.41, 5.74) is 1.42. The summed E-state index contributed by atoms with van der Waals surface area (Å²) in [4.78, 5) is 15.7. The maximum absolute atomic E-state index is 11.6. The summed E-state index contributed by atoms with van der Waals surface area (Å²) < 4.78 is 4.71. The van der Waals surface area contributed by atoms with Crippen molar-refractivity contribution in [2.24, 2.45) is 0 Å². The van der Waals surface area contributed by atoms with E-state index < -0.39 is 5.97 Å². The van der Waals surface area contributed by atoms with Gasteiger partial charge in [-0.25, -0.2) is 9.78 Å². The molecule has 2 aromatic rings. The molecule has 0 saturated heterocycles. The largest absolute Gasteiger partial charge is 0.465 e. The Morgan fingerprint density at radius 2 is 2.21 bits per heavy atom. The molecule has 0 aliphatic heterocycles. The van der Waals surface area contributed by atoms with Gasteiger partial charge in [0.15, 0.2) is 0 Å². The zero-order valence-corrected chi connectivity index (χ0v) is 11.1. The molecule has 0 atom stereocenters. The van der Waals surface area contributed by atoms with Gasteiger partial charge in [-0.3, -0.25) is 0 Å². The molecule has 1 heterocycles. The number of carbonyl (C=O) groups excluding carboxylic acids is 1. The number of esters is 1. The van der Waals surface area contributed by atoms with Gasteiger partial charge in [0, 0.05) is 17.8 Å². The van der Waals surface area contributed by atoms with Gasteiger partial charge in [0.25, 0.3) is 0 Å². The van der Waals surface area contributed by atoms with Crippen LogP contribution < -0.4 is 5.32 Å². The Morgan fingerprint density at radius 1 is 1.37 bits per heavy atom. The molecule has 19 heavy (non-hydrogen) atoms. The standard InChI is InChI=1S/C14H13ClN2O2/c1-19-14(18)12-6-3-7-16-13(12)17-9-10-4-2-5-11(15)8-10/h2-8H,9H2,1H3,(H,16,17). The molecule has 0 aliphatic carbocycles. The minimum atomic E-state index is -0.415. The van der Waals surface area contributed by atoms with Crippen LogP contribution in [0.25, 0.3) is 0 Å². The van der Waals surface area contributed by atoms with E-state index in [2.05, 4.69) is 10.3 Å². The Labute approximate surface area is 116 Å². The number of carbonyl (C=O) groups is 1. The van der Waals surface area contributed by atoms with Crippen LogP contribution in [0.1, 0.15) is 15.9 Å². The van der Waals surface area contributed by atoms with E-state index in [1.807, 2.05) is 24.3 Å². The van der Waals surface area contributed by atoms with Crippen molar-refractivity contribution in [1.29, 1.82) is 0 Å². The zero-order chi connectivity index (χ0) is 13.7. The van der Waals surface area contributed by atoms with E-state index in [0.29, 0.717) is 22.9 Å². The molecule has 5 heteroatoms. The van der Waals surface area contributed by atoms with E-state index in [4.69, 9.17) is 16.3 Å². The van der Waals surface area contributed by atoms with E-state index in [1.54, 1.807) is 18.3 Å². The number of hydrogen-bond donors (Lipinski definition) is 1. The van der Waals surface area contributed by atoms with E-state index >= 15 is 0 Å². The molecule has 1 N–H and O–H groups in total. The van der Waals surface area contributed by atoms with Crippen molar-refractivity contribution in [2.75, 3.05) is 12.4 Å². The molecule has 4 nitrogen and oxygen atoms in total. The average molecular weight is 277 g/mol. The van der Waals surface area contributed by atoms with Gasteiger partial charge >= 0.3 is 5.97 Å². The second-order valence-electron chi connectivity index (χ2n) is 3.87. The van der Waals surface area contributed by atoms with Crippen LogP contribution in [-0.4, -0.2) is 18.1 Å². The number of halogens is 1. The lowest BCUT2D eigenvalue weighted by molar-refractivity contribution is 0.0601. The van der Waals surface area contributed by atoms with Gasteiger partial charge in [-0.05, 0) is 29.8 Å². The maximum atomic E-state index is 11.6. The quantitative estimate of drug-likeness (QED) is 0.872. The number of benzene rings is 1. The lowest BCUT2D eigenvalue weighted by Crippen LogP contribution is -2.09. The Balaban J connectivity index is 2.13. The second kappa shape index (κ2) is 6.20. The van der Waals surface area contributed by atoms with Crippen molar-refractivity contribution in [3.63, 3.8) is 0 Å². The van der Waals surface area contributed by atoms with Crippen LogP contribution >= 0.6 is 11.6 Å². The number of ether oxygens (including phenoxy) is 1. The fourth-order valence-corrected chi connectivity index (χ4v) is 1.87. The van der Waals surface area contributed by atoms with Gasteiger partial charge in [0.1, 0.15) is 11.4 Å². The number of nitrogens with zero attached hydrogens (tertiary/aromatic N) is 1. The van der Waals surface area contributed by atoms with E-state index in [1.165, 1.54) is 7.11 Å². The van der Waals surface area contributed by atoms with E-state index in [0.717, 1.165) is 5.56 Å². The molecule has 0 radical (unpaired) electrons. The lowest BCUT2D eigenvalue weighted by Gasteiger charge is -2.09. The summed E-state index contributed by atoms with van der Waals surface area (Å²) in [5.74, 6) is 0.0796. The molecule has 0 fully saturated rings. The second-order valence-corrected chi connectivity index (χ2v) is 4.31. The molecule has 0 amide bonds. The van der Waals surface area contributed by atoms with Gasteiger partial charge in [0.2, 0.25) is 0 Å². The van der Waals surface area contributed by atoms with Crippen molar-refractivity contribution < 1.29 is 9.53 Å². The third kappa shape index (κ3) is 3.45. The van der Waals surface area contributed by atoms with Crippen LogP contribution in [0.4, 0.5) is 5.82 Å². The zero-order valence-electron chi connectivity index (χ0n) is 10.4. The SMILES string of the molecule is COC(=O)c1cccnc1NCc1cccc(Cl)c1. The Kier molecular flexibility index (Phi) is 4.36. The van der Waals surface area contributed by atoms with Crippen LogP contribution in [0.2, 0.25) is 5.02 Å². The topological polar surface area (TPSA) is 51.2 Å². The summed E-state index contributed by atoms with van der Waals surface area (Å²) in [6.45, 7) is 0.529. The fourth-order valence-electron chi connectivity index (χ4n) is 1.65. The van der Waals surface area contributed by atoms with E-state index in [-0.39, 0.29) is 0 Å². The highest BCUT2D eigenvalue weighted by atomic mass is 35.5. The van der Waals surface area contributed by atoms with Crippen LogP contribution in [0.15, 0.2) is 42.6 Å². The number of methoxy groups -OCH3 is 1. The van der Waals surface area contributed by atoms with E-state index in [9.17, 15) is 4.79 Å². The number of pyridine rings is 1. The van der Waals surface area contributed by atoms with Gasteiger partial charge in [0.05, 0.1) is 7.11 Å². The highest BCUT2D eigenvalue weighted by Crippen LogP contribution is 2.15. The molecule has 0 spiro atoms. The Bertz CT molecular complexity index is 587. The van der Waals surface area contributed by atoms with Crippen LogP contribution in [-0.2, 0) is 11.3 Å². The molecular formula is C14H13ClN2O2. The van der Waals surface area contributed by atoms with Crippen LogP contribution in [0.3, 0.4) is 0 Å². The first-order valence-corrected chi connectivity index (χ1v) is 6.10. The Morgan fingerprint density at radius 3 is 2.95 bits per heavy atom. The molecular weight excluding hydrogens is 264 g/mol. The predicted molar refractivity (Wildman–Crippen MR) is 74.4 cm³/mol. The third-order valence-corrected chi connectivity index (χ3v) is 2.80. The molecule has 0 unspecified atom stereocenters. The summed E-state index contributed by atoms with van der Waals surface area (Å²) in [6.07, 6.45) is 1.62. The first-order valence-electron chi connectivity index (χ1n) is 5.72. The highest BCUT2D eigenvalue weighted by Gasteiger charge is 2.11. The van der Waals surface area contributed by atoms with Crippen molar-refractivity contribution >= 4 is 23.4 Å². The first kappa shape index (κ1) is 13.4. The average Bonchev–Trinajstić information content (AvgIpc) is 2.45. The summed E-state index contributed by atoms with van der Waals surface area (Å²) in [5, 5.41) is 3.78. The van der Waals surface area contributed by atoms with Gasteiger partial charge in [-0.15, -0.1) is 0 Å². The number of anilines is 1. The molecule has 0 aliphatic rings. The molecule has 1 aromatic heterocycles. The third-order valence-electron chi connectivity index (χ3n) is 2.56. The molecule has 0 saturated carbocycles. The van der Waals surface area contributed by atoms with Crippen molar-refractivity contribution in [2.45, 2.75) is 6.54 Å². The molecule has 98 valence electrons. The first-order chi connectivity index (χ1) is 9.20. The smallest absolute Gasteiger partial charge is 0.341 e. The van der Waals surface area contributed by atoms with Gasteiger partial charge < -0.3 is 10.1 Å². The lowest BCUT2D eigenvalue weighted by atomic mass is 10.2. The predicted octanol–water partition coefficient (Wildman–Crippen LogP) is 3.13. The summed E-state index contributed by atoms with van der Waals surface area (Å²) in [7, 11) is 1.34. The summed E-state index contributed by atoms with van der Waals surface area (Å²) >= 11 is 5.91. The van der Waals surface area contributed by atoms with Gasteiger partial charge in [-0.1, -0.05) is 23.7 Å². The van der Waals surface area contributed by atoms with Gasteiger partial charge in [-0.2, -0.15) is 0 Å². The molecule has 0 bridgehead atoms.